The highest BCUT2D eigenvalue weighted by molar-refractivity contribution is 9.10. The Bertz CT molecular complexity index is 573. The van der Waals surface area contributed by atoms with Crippen molar-refractivity contribution in [2.45, 2.75) is 65.4 Å². The fourth-order valence-corrected chi connectivity index (χ4v) is 5.80. The minimum absolute atomic E-state index is 0.0317. The molecule has 2 aliphatic rings. The van der Waals surface area contributed by atoms with Crippen LogP contribution in [0.3, 0.4) is 0 Å². The maximum atomic E-state index is 11.7. The molecule has 0 radical (unpaired) electrons. The highest BCUT2D eigenvalue weighted by Crippen LogP contribution is 2.68. The fraction of sp³-hybridized carbons (Fsp3) is 0.824. The van der Waals surface area contributed by atoms with Gasteiger partial charge in [0.1, 0.15) is 0 Å². The first-order chi connectivity index (χ1) is 9.66. The van der Waals surface area contributed by atoms with Crippen molar-refractivity contribution in [3.05, 3.63) is 15.9 Å². The fourth-order valence-electron chi connectivity index (χ4n) is 5.04. The molecule has 1 heterocycles. The monoisotopic (exact) mass is 354 g/mol. The molecule has 21 heavy (non-hydrogen) atoms. The topological polar surface area (TPSA) is 38.0 Å². The molecule has 3 atom stereocenters. The lowest BCUT2D eigenvalue weighted by Gasteiger charge is -2.51. The van der Waals surface area contributed by atoms with Crippen LogP contribution in [0.2, 0.25) is 0 Å². The molecule has 0 spiro atoms. The van der Waals surface area contributed by atoms with Crippen LogP contribution in [0.15, 0.2) is 4.47 Å². The van der Waals surface area contributed by atoms with Gasteiger partial charge in [0.15, 0.2) is 0 Å². The number of aromatic nitrogens is 2. The summed E-state index contributed by atoms with van der Waals surface area (Å²) < 4.78 is 3.04. The van der Waals surface area contributed by atoms with Gasteiger partial charge in [-0.2, -0.15) is 5.10 Å². The molecule has 2 saturated carbocycles. The van der Waals surface area contributed by atoms with E-state index in [1.54, 1.807) is 0 Å². The summed E-state index contributed by atoms with van der Waals surface area (Å²) in [6.07, 6.45) is 5.17. The van der Waals surface area contributed by atoms with Gasteiger partial charge in [-0.3, -0.25) is 4.68 Å². The van der Waals surface area contributed by atoms with Crippen molar-refractivity contribution < 1.29 is 5.11 Å². The van der Waals surface area contributed by atoms with Crippen molar-refractivity contribution in [1.82, 2.24) is 9.78 Å². The zero-order valence-corrected chi connectivity index (χ0v) is 15.4. The van der Waals surface area contributed by atoms with Gasteiger partial charge in [-0.1, -0.05) is 27.7 Å². The van der Waals surface area contributed by atoms with Crippen molar-refractivity contribution in [3.8, 4) is 0 Å². The van der Waals surface area contributed by atoms with Crippen LogP contribution in [0.5, 0.6) is 0 Å². The lowest BCUT2D eigenvalue weighted by atomic mass is 9.59. The summed E-state index contributed by atoms with van der Waals surface area (Å²) in [5.41, 5.74) is 1.58. The van der Waals surface area contributed by atoms with Crippen LogP contribution in [0.4, 0.5) is 0 Å². The third-order valence-electron chi connectivity index (χ3n) is 6.75. The van der Waals surface area contributed by atoms with E-state index in [1.807, 2.05) is 11.7 Å². The van der Waals surface area contributed by atoms with E-state index in [0.29, 0.717) is 12.3 Å². The molecule has 3 rings (SSSR count). The second-order valence-corrected chi connectivity index (χ2v) is 8.74. The van der Waals surface area contributed by atoms with Gasteiger partial charge in [-0.05, 0) is 58.4 Å². The van der Waals surface area contributed by atoms with Crippen LogP contribution in [-0.2, 0) is 19.9 Å². The molecule has 1 aromatic heterocycles. The zero-order valence-electron chi connectivity index (χ0n) is 13.8. The maximum absolute atomic E-state index is 11.7. The molecule has 0 aromatic carbocycles. The highest BCUT2D eigenvalue weighted by Gasteiger charge is 2.68. The minimum atomic E-state index is -0.649. The van der Waals surface area contributed by atoms with E-state index >= 15 is 0 Å². The Morgan fingerprint density at radius 3 is 2.52 bits per heavy atom. The van der Waals surface area contributed by atoms with Gasteiger partial charge < -0.3 is 5.11 Å². The Hall–Kier alpha value is -0.350. The number of fused-ring (bicyclic) bond motifs is 2. The van der Waals surface area contributed by atoms with Crippen molar-refractivity contribution in [3.63, 3.8) is 0 Å². The molecular weight excluding hydrogens is 328 g/mol. The molecule has 2 aliphatic carbocycles. The van der Waals surface area contributed by atoms with Gasteiger partial charge in [0, 0.05) is 13.5 Å². The summed E-state index contributed by atoms with van der Waals surface area (Å²) in [5, 5.41) is 16.3. The standard InChI is InChI=1S/C17H27BrN2O/c1-6-12-14(18)13(20(5)19-12)10-17(21)15(2,3)11-7-8-16(17,4)9-11/h11,21H,6-10H2,1-5H3. The van der Waals surface area contributed by atoms with E-state index in [0.717, 1.165) is 35.1 Å². The van der Waals surface area contributed by atoms with Crippen LogP contribution in [0, 0.1) is 16.7 Å². The predicted molar refractivity (Wildman–Crippen MR) is 88.2 cm³/mol. The Kier molecular flexibility index (Phi) is 3.39. The summed E-state index contributed by atoms with van der Waals surface area (Å²) in [6.45, 7) is 8.92. The quantitative estimate of drug-likeness (QED) is 0.894. The number of nitrogens with zero attached hydrogens (tertiary/aromatic N) is 2. The van der Waals surface area contributed by atoms with E-state index < -0.39 is 5.60 Å². The average Bonchev–Trinajstić information content (AvgIpc) is 2.98. The number of rotatable bonds is 3. The third-order valence-corrected chi connectivity index (χ3v) is 7.67. The van der Waals surface area contributed by atoms with Gasteiger partial charge in [0.25, 0.3) is 0 Å². The average molecular weight is 355 g/mol. The summed E-state index contributed by atoms with van der Waals surface area (Å²) in [4.78, 5) is 0. The van der Waals surface area contributed by atoms with Crippen LogP contribution < -0.4 is 0 Å². The smallest absolute Gasteiger partial charge is 0.0809 e. The molecule has 0 saturated heterocycles. The predicted octanol–water partition coefficient (Wildman–Crippen LogP) is 3.86. The summed E-state index contributed by atoms with van der Waals surface area (Å²) in [6, 6.07) is 0. The molecule has 2 bridgehead atoms. The molecule has 0 amide bonds. The molecule has 3 nitrogen and oxygen atoms in total. The normalized spacial score (nSPS) is 37.4. The molecule has 1 aromatic rings. The first kappa shape index (κ1) is 15.5. The third kappa shape index (κ3) is 1.84. The van der Waals surface area contributed by atoms with E-state index in [1.165, 1.54) is 6.42 Å². The Labute approximate surface area is 136 Å². The second-order valence-electron chi connectivity index (χ2n) is 7.94. The van der Waals surface area contributed by atoms with Gasteiger partial charge in [-0.15, -0.1) is 0 Å². The SMILES string of the molecule is CCc1nn(C)c(CC2(O)C3(C)CCC(C3)C2(C)C)c1Br. The zero-order chi connectivity index (χ0) is 15.6. The summed E-state index contributed by atoms with van der Waals surface area (Å²) >= 11 is 3.71. The lowest BCUT2D eigenvalue weighted by molar-refractivity contribution is -0.142. The maximum Gasteiger partial charge on any atom is 0.0809 e. The van der Waals surface area contributed by atoms with Crippen molar-refractivity contribution >= 4 is 15.9 Å². The van der Waals surface area contributed by atoms with Crippen LogP contribution in [0.25, 0.3) is 0 Å². The molecule has 4 heteroatoms. The van der Waals surface area contributed by atoms with E-state index in [9.17, 15) is 5.11 Å². The molecular formula is C17H27BrN2O. The number of aryl methyl sites for hydroxylation is 2. The molecule has 3 unspecified atom stereocenters. The number of aliphatic hydroxyl groups is 1. The first-order valence-corrected chi connectivity index (χ1v) is 8.88. The second kappa shape index (κ2) is 4.58. The summed E-state index contributed by atoms with van der Waals surface area (Å²) in [7, 11) is 1.99. The number of hydrogen-bond acceptors (Lipinski definition) is 2. The van der Waals surface area contributed by atoms with E-state index in [4.69, 9.17) is 0 Å². The Morgan fingerprint density at radius 2 is 2.05 bits per heavy atom. The van der Waals surface area contributed by atoms with E-state index in [-0.39, 0.29) is 10.8 Å². The lowest BCUT2D eigenvalue weighted by Crippen LogP contribution is -2.55. The molecule has 2 fully saturated rings. The molecule has 1 N–H and O–H groups in total. The van der Waals surface area contributed by atoms with Crippen LogP contribution >= 0.6 is 15.9 Å². The Morgan fingerprint density at radius 1 is 1.38 bits per heavy atom. The van der Waals surface area contributed by atoms with Gasteiger partial charge >= 0.3 is 0 Å². The first-order valence-electron chi connectivity index (χ1n) is 8.09. The van der Waals surface area contributed by atoms with Gasteiger partial charge in [-0.25, -0.2) is 0 Å². The van der Waals surface area contributed by atoms with Crippen molar-refractivity contribution in [1.29, 1.82) is 0 Å². The number of hydrogen-bond donors (Lipinski definition) is 1. The largest absolute Gasteiger partial charge is 0.388 e. The van der Waals surface area contributed by atoms with Crippen molar-refractivity contribution in [2.24, 2.45) is 23.8 Å². The van der Waals surface area contributed by atoms with E-state index in [2.05, 4.69) is 48.7 Å². The molecule has 118 valence electrons. The Balaban J connectivity index is 2.03. The summed E-state index contributed by atoms with van der Waals surface area (Å²) in [5.74, 6) is 0.644. The van der Waals surface area contributed by atoms with Crippen molar-refractivity contribution in [2.75, 3.05) is 0 Å². The van der Waals surface area contributed by atoms with Gasteiger partial charge in [0.2, 0.25) is 0 Å². The molecule has 0 aliphatic heterocycles. The van der Waals surface area contributed by atoms with Gasteiger partial charge in [0.05, 0.1) is 21.5 Å². The minimum Gasteiger partial charge on any atom is -0.388 e. The van der Waals surface area contributed by atoms with Crippen LogP contribution in [-0.4, -0.2) is 20.5 Å². The number of halogens is 1. The highest BCUT2D eigenvalue weighted by atomic mass is 79.9. The van der Waals surface area contributed by atoms with Crippen LogP contribution in [0.1, 0.15) is 58.3 Å².